The molecule has 0 aliphatic rings. The summed E-state index contributed by atoms with van der Waals surface area (Å²) in [6.07, 6.45) is 0. The minimum Gasteiger partial charge on any atom is -0.493 e. The van der Waals surface area contributed by atoms with Crippen LogP contribution in [-0.4, -0.2) is 17.1 Å². The highest BCUT2D eigenvalue weighted by atomic mass is 32.1. The van der Waals surface area contributed by atoms with Gasteiger partial charge in [0.1, 0.15) is 4.83 Å². The van der Waals surface area contributed by atoms with Gasteiger partial charge < -0.3 is 15.2 Å². The van der Waals surface area contributed by atoms with E-state index >= 15 is 0 Å². The predicted molar refractivity (Wildman–Crippen MR) is 79.6 cm³/mol. The summed E-state index contributed by atoms with van der Waals surface area (Å²) < 4.78 is 11.0. The number of rotatable bonds is 3. The van der Waals surface area contributed by atoms with Gasteiger partial charge in [-0.05, 0) is 23.6 Å². The fourth-order valence-electron chi connectivity index (χ4n) is 1.85. The van der Waals surface area contributed by atoms with Crippen LogP contribution in [0.25, 0.3) is 10.2 Å². The summed E-state index contributed by atoms with van der Waals surface area (Å²) in [5, 5.41) is 11.6. The van der Waals surface area contributed by atoms with E-state index in [4.69, 9.17) is 20.5 Å². The molecule has 0 aliphatic carbocycles. The molecule has 0 amide bonds. The zero-order valence-corrected chi connectivity index (χ0v) is 11.8. The minimum absolute atomic E-state index is 0.146. The van der Waals surface area contributed by atoms with Crippen molar-refractivity contribution < 1.29 is 9.47 Å². The summed E-state index contributed by atoms with van der Waals surface area (Å²) in [5.74, 6) is 1.42. The molecule has 0 fully saturated rings. The van der Waals surface area contributed by atoms with Gasteiger partial charge >= 0.3 is 0 Å². The number of nitrogens with zero attached hydrogens (tertiary/aromatic N) is 3. The van der Waals surface area contributed by atoms with E-state index in [0.29, 0.717) is 22.9 Å². The first-order valence-electron chi connectivity index (χ1n) is 5.98. The molecule has 0 saturated heterocycles. The monoisotopic (exact) mass is 298 g/mol. The van der Waals surface area contributed by atoms with E-state index in [9.17, 15) is 0 Å². The zero-order valence-electron chi connectivity index (χ0n) is 11.0. The quantitative estimate of drug-likeness (QED) is 0.799. The number of nitriles is 1. The Morgan fingerprint density at radius 3 is 2.86 bits per heavy atom. The van der Waals surface area contributed by atoms with Gasteiger partial charge in [-0.1, -0.05) is 0 Å². The van der Waals surface area contributed by atoms with Gasteiger partial charge in [0, 0.05) is 6.07 Å². The van der Waals surface area contributed by atoms with Crippen molar-refractivity contribution in [3.63, 3.8) is 0 Å². The predicted octanol–water partition coefficient (Wildman–Crippen LogP) is 2.95. The Hall–Kier alpha value is -2.85. The fraction of sp³-hybridized carbons (Fsp3) is 0.0714. The molecule has 0 radical (unpaired) electrons. The maximum absolute atomic E-state index is 8.91. The van der Waals surface area contributed by atoms with Crippen LogP contribution in [0.5, 0.6) is 17.4 Å². The van der Waals surface area contributed by atoms with Crippen molar-refractivity contribution in [2.24, 2.45) is 0 Å². The molecule has 7 heteroatoms. The molecule has 1 aromatic carbocycles. The van der Waals surface area contributed by atoms with Crippen LogP contribution in [0.3, 0.4) is 0 Å². The van der Waals surface area contributed by atoms with Crippen molar-refractivity contribution in [3.8, 4) is 23.4 Å². The van der Waals surface area contributed by atoms with Crippen molar-refractivity contribution in [2.75, 3.05) is 12.8 Å². The molecule has 2 aromatic heterocycles. The number of nitrogen functional groups attached to an aromatic ring is 1. The lowest BCUT2D eigenvalue weighted by Crippen LogP contribution is -1.98. The van der Waals surface area contributed by atoms with E-state index in [-0.39, 0.29) is 5.95 Å². The number of nitrogens with two attached hydrogens (primary N) is 1. The molecule has 21 heavy (non-hydrogen) atoms. The van der Waals surface area contributed by atoms with Gasteiger partial charge in [0.05, 0.1) is 24.1 Å². The van der Waals surface area contributed by atoms with Crippen molar-refractivity contribution in [2.45, 2.75) is 0 Å². The van der Waals surface area contributed by atoms with E-state index in [1.165, 1.54) is 18.4 Å². The standard InChI is InChI=1S/C14H10N4O2S/c1-19-11-6-8(7-15)2-3-10(11)20-12-9-4-5-21-13(9)18-14(16)17-12/h2-6H,1H3,(H2,16,17,18). The Bertz CT molecular complexity index is 854. The molecule has 104 valence electrons. The summed E-state index contributed by atoms with van der Waals surface area (Å²) >= 11 is 1.46. The van der Waals surface area contributed by atoms with Gasteiger partial charge in [-0.3, -0.25) is 0 Å². The molecule has 0 spiro atoms. The smallest absolute Gasteiger partial charge is 0.233 e. The van der Waals surface area contributed by atoms with Crippen LogP contribution < -0.4 is 15.2 Å². The first-order valence-corrected chi connectivity index (χ1v) is 6.86. The lowest BCUT2D eigenvalue weighted by molar-refractivity contribution is 0.376. The molecule has 6 nitrogen and oxygen atoms in total. The van der Waals surface area contributed by atoms with Crippen LogP contribution in [0.2, 0.25) is 0 Å². The van der Waals surface area contributed by atoms with E-state index in [1.54, 1.807) is 18.2 Å². The van der Waals surface area contributed by atoms with Crippen LogP contribution in [-0.2, 0) is 0 Å². The second-order valence-electron chi connectivity index (χ2n) is 4.11. The number of anilines is 1. The molecule has 0 bridgehead atoms. The molecule has 3 aromatic rings. The zero-order chi connectivity index (χ0) is 14.8. The van der Waals surface area contributed by atoms with Gasteiger partial charge in [-0.15, -0.1) is 11.3 Å². The Morgan fingerprint density at radius 1 is 1.24 bits per heavy atom. The Morgan fingerprint density at radius 2 is 2.10 bits per heavy atom. The Labute approximate surface area is 124 Å². The number of ether oxygens (including phenoxy) is 2. The highest BCUT2D eigenvalue weighted by Gasteiger charge is 2.13. The van der Waals surface area contributed by atoms with Crippen molar-refractivity contribution in [3.05, 3.63) is 35.2 Å². The average Bonchev–Trinajstić information content (AvgIpc) is 2.96. The van der Waals surface area contributed by atoms with Crippen LogP contribution in [0.4, 0.5) is 5.95 Å². The van der Waals surface area contributed by atoms with Gasteiger partial charge in [-0.25, -0.2) is 4.98 Å². The van der Waals surface area contributed by atoms with Crippen LogP contribution in [0, 0.1) is 11.3 Å². The lowest BCUT2D eigenvalue weighted by atomic mass is 10.2. The van der Waals surface area contributed by atoms with E-state index in [0.717, 1.165) is 10.2 Å². The number of thiophene rings is 1. The van der Waals surface area contributed by atoms with Gasteiger partial charge in [0.15, 0.2) is 11.5 Å². The number of hydrogen-bond donors (Lipinski definition) is 1. The van der Waals surface area contributed by atoms with Crippen LogP contribution >= 0.6 is 11.3 Å². The Balaban J connectivity index is 2.06. The van der Waals surface area contributed by atoms with Crippen molar-refractivity contribution >= 4 is 27.5 Å². The Kier molecular flexibility index (Phi) is 3.30. The van der Waals surface area contributed by atoms with Crippen LogP contribution in [0.15, 0.2) is 29.6 Å². The first kappa shape index (κ1) is 13.1. The highest BCUT2D eigenvalue weighted by molar-refractivity contribution is 7.16. The number of hydrogen-bond acceptors (Lipinski definition) is 7. The van der Waals surface area contributed by atoms with Crippen LogP contribution in [0.1, 0.15) is 5.56 Å². The minimum atomic E-state index is 0.146. The number of fused-ring (bicyclic) bond motifs is 1. The third-order valence-electron chi connectivity index (χ3n) is 2.81. The summed E-state index contributed by atoms with van der Waals surface area (Å²) in [5.41, 5.74) is 6.17. The maximum Gasteiger partial charge on any atom is 0.233 e. The lowest BCUT2D eigenvalue weighted by Gasteiger charge is -2.10. The first-order chi connectivity index (χ1) is 10.2. The summed E-state index contributed by atoms with van der Waals surface area (Å²) in [7, 11) is 1.51. The average molecular weight is 298 g/mol. The largest absolute Gasteiger partial charge is 0.493 e. The third-order valence-corrected chi connectivity index (χ3v) is 3.61. The van der Waals surface area contributed by atoms with E-state index < -0.39 is 0 Å². The number of benzene rings is 1. The molecule has 0 atom stereocenters. The fourth-order valence-corrected chi connectivity index (χ4v) is 2.61. The molecular formula is C14H10N4O2S. The number of methoxy groups -OCH3 is 1. The molecule has 0 saturated carbocycles. The highest BCUT2D eigenvalue weighted by Crippen LogP contribution is 2.35. The summed E-state index contributed by atoms with van der Waals surface area (Å²) in [6, 6.07) is 8.82. The SMILES string of the molecule is COc1cc(C#N)ccc1Oc1nc(N)nc2sccc12. The molecule has 2 heterocycles. The van der Waals surface area contributed by atoms with E-state index in [1.807, 2.05) is 17.5 Å². The van der Waals surface area contributed by atoms with Crippen molar-refractivity contribution in [1.82, 2.24) is 9.97 Å². The van der Waals surface area contributed by atoms with E-state index in [2.05, 4.69) is 9.97 Å². The normalized spacial score (nSPS) is 10.3. The number of aromatic nitrogens is 2. The molecule has 2 N–H and O–H groups in total. The summed E-state index contributed by atoms with van der Waals surface area (Å²) in [6.45, 7) is 0. The molecule has 0 unspecified atom stereocenters. The van der Waals surface area contributed by atoms with Gasteiger partial charge in [0.2, 0.25) is 11.8 Å². The summed E-state index contributed by atoms with van der Waals surface area (Å²) in [4.78, 5) is 9.01. The second kappa shape index (κ2) is 5.26. The molecule has 0 aliphatic heterocycles. The molecular weight excluding hydrogens is 288 g/mol. The molecule has 3 rings (SSSR count). The third kappa shape index (κ3) is 2.44. The van der Waals surface area contributed by atoms with Gasteiger partial charge in [0.25, 0.3) is 0 Å². The maximum atomic E-state index is 8.91. The van der Waals surface area contributed by atoms with Crippen molar-refractivity contribution in [1.29, 1.82) is 5.26 Å². The topological polar surface area (TPSA) is 94.0 Å². The second-order valence-corrected chi connectivity index (χ2v) is 5.00. The van der Waals surface area contributed by atoms with Gasteiger partial charge in [-0.2, -0.15) is 10.2 Å².